The van der Waals surface area contributed by atoms with E-state index >= 15 is 0 Å². The van der Waals surface area contributed by atoms with Crippen LogP contribution < -0.4 is 5.32 Å². The number of anilines is 1. The van der Waals surface area contributed by atoms with Crippen molar-refractivity contribution in [3.63, 3.8) is 0 Å². The molecule has 7 heteroatoms. The highest BCUT2D eigenvalue weighted by Gasteiger charge is 2.55. The molecule has 1 heterocycles. The third kappa shape index (κ3) is 3.61. The molecule has 0 unspecified atom stereocenters. The van der Waals surface area contributed by atoms with Crippen molar-refractivity contribution in [2.45, 2.75) is 50.4 Å². The van der Waals surface area contributed by atoms with E-state index in [9.17, 15) is 22.8 Å². The Hall–Kier alpha value is -2.31. The maximum absolute atomic E-state index is 13.6. The number of carbonyl (C=O) groups is 2. The molecule has 1 aliphatic carbocycles. The molecule has 2 aliphatic rings. The molecule has 1 aromatic carbocycles. The third-order valence-corrected chi connectivity index (χ3v) is 5.26. The fourth-order valence-electron chi connectivity index (χ4n) is 4.12. The molecule has 1 N–H and O–H groups in total. The number of hydrogen-bond acceptors (Lipinski definition) is 2. The van der Waals surface area contributed by atoms with Crippen molar-refractivity contribution in [2.24, 2.45) is 5.92 Å². The van der Waals surface area contributed by atoms with Crippen LogP contribution in [0.2, 0.25) is 0 Å². The van der Waals surface area contributed by atoms with Gasteiger partial charge in [-0.05, 0) is 49.5 Å². The van der Waals surface area contributed by atoms with Crippen molar-refractivity contribution < 1.29 is 22.8 Å². The van der Waals surface area contributed by atoms with Crippen LogP contribution in [0.4, 0.5) is 18.9 Å². The van der Waals surface area contributed by atoms with Gasteiger partial charge in [0, 0.05) is 17.3 Å². The van der Waals surface area contributed by atoms with Gasteiger partial charge < -0.3 is 10.2 Å². The summed E-state index contributed by atoms with van der Waals surface area (Å²) in [4.78, 5) is 25.4. The zero-order chi connectivity index (χ0) is 18.9. The second-order valence-corrected chi connectivity index (χ2v) is 6.89. The summed E-state index contributed by atoms with van der Waals surface area (Å²) in [6.45, 7) is 3.35. The SMILES string of the molecule is C=CC(=O)Nc1cccc(C(=O)N2[C@H](C(F)(F)F)C[C@@H]3CCCC[C@@H]32)c1. The predicted molar refractivity (Wildman–Crippen MR) is 91.6 cm³/mol. The average Bonchev–Trinajstić information content (AvgIpc) is 3.01. The van der Waals surface area contributed by atoms with Crippen LogP contribution in [-0.2, 0) is 4.79 Å². The number of fused-ring (bicyclic) bond motifs is 1. The topological polar surface area (TPSA) is 49.4 Å². The Morgan fingerprint density at radius 2 is 1.96 bits per heavy atom. The minimum absolute atomic E-state index is 0.0210. The molecule has 0 radical (unpaired) electrons. The first kappa shape index (κ1) is 18.5. The van der Waals surface area contributed by atoms with Gasteiger partial charge in [0.1, 0.15) is 6.04 Å². The molecule has 1 saturated heterocycles. The fraction of sp³-hybridized carbons (Fsp3) is 0.474. The summed E-state index contributed by atoms with van der Waals surface area (Å²) >= 11 is 0. The van der Waals surface area contributed by atoms with E-state index in [1.54, 1.807) is 12.1 Å². The van der Waals surface area contributed by atoms with Gasteiger partial charge in [-0.25, -0.2) is 0 Å². The number of nitrogens with one attached hydrogen (secondary N) is 1. The van der Waals surface area contributed by atoms with Gasteiger partial charge in [-0.2, -0.15) is 13.2 Å². The van der Waals surface area contributed by atoms with Gasteiger partial charge in [0.25, 0.3) is 5.91 Å². The van der Waals surface area contributed by atoms with E-state index in [1.165, 1.54) is 12.1 Å². The fourth-order valence-corrected chi connectivity index (χ4v) is 4.12. The first-order chi connectivity index (χ1) is 12.3. The monoisotopic (exact) mass is 366 g/mol. The molecule has 2 amide bonds. The lowest BCUT2D eigenvalue weighted by molar-refractivity contribution is -0.172. The average molecular weight is 366 g/mol. The van der Waals surface area contributed by atoms with Crippen LogP contribution in [0.25, 0.3) is 0 Å². The van der Waals surface area contributed by atoms with Gasteiger partial charge in [-0.15, -0.1) is 0 Å². The van der Waals surface area contributed by atoms with E-state index in [2.05, 4.69) is 11.9 Å². The minimum atomic E-state index is -4.44. The van der Waals surface area contributed by atoms with Crippen LogP contribution in [-0.4, -0.2) is 35.0 Å². The number of benzene rings is 1. The van der Waals surface area contributed by atoms with E-state index in [1.807, 2.05) is 0 Å². The first-order valence-electron chi connectivity index (χ1n) is 8.74. The number of alkyl halides is 3. The molecule has 0 aromatic heterocycles. The molecular formula is C19H21F3N2O2. The molecule has 1 saturated carbocycles. The van der Waals surface area contributed by atoms with Crippen LogP contribution in [0.15, 0.2) is 36.9 Å². The number of rotatable bonds is 3. The van der Waals surface area contributed by atoms with Crippen molar-refractivity contribution in [3.8, 4) is 0 Å². The van der Waals surface area contributed by atoms with Gasteiger partial charge in [-0.1, -0.05) is 25.5 Å². The Bertz CT molecular complexity index is 717. The Labute approximate surface area is 150 Å². The van der Waals surface area contributed by atoms with E-state index in [0.29, 0.717) is 12.1 Å². The molecule has 3 atom stereocenters. The van der Waals surface area contributed by atoms with Crippen LogP contribution in [0.5, 0.6) is 0 Å². The number of halogens is 3. The zero-order valence-corrected chi connectivity index (χ0v) is 14.3. The number of nitrogens with zero attached hydrogens (tertiary/aromatic N) is 1. The van der Waals surface area contributed by atoms with Gasteiger partial charge in [0.2, 0.25) is 5.91 Å². The Balaban J connectivity index is 1.89. The third-order valence-electron chi connectivity index (χ3n) is 5.26. The molecular weight excluding hydrogens is 345 g/mol. The summed E-state index contributed by atoms with van der Waals surface area (Å²) in [7, 11) is 0. The normalized spacial score (nSPS) is 25.5. The molecule has 0 spiro atoms. The second kappa shape index (κ2) is 7.13. The Morgan fingerprint density at radius 1 is 1.23 bits per heavy atom. The highest BCUT2D eigenvalue weighted by molar-refractivity contribution is 6.01. The summed E-state index contributed by atoms with van der Waals surface area (Å²) < 4.78 is 40.7. The van der Waals surface area contributed by atoms with E-state index in [4.69, 9.17) is 0 Å². The summed E-state index contributed by atoms with van der Waals surface area (Å²) in [5.41, 5.74) is 0.496. The summed E-state index contributed by atoms with van der Waals surface area (Å²) in [5, 5.41) is 2.53. The smallest absolute Gasteiger partial charge is 0.323 e. The summed E-state index contributed by atoms with van der Waals surface area (Å²) in [6, 6.07) is 3.90. The molecule has 3 rings (SSSR count). The second-order valence-electron chi connectivity index (χ2n) is 6.89. The quantitative estimate of drug-likeness (QED) is 0.817. The number of likely N-dealkylation sites (tertiary alicyclic amines) is 1. The molecule has 1 aromatic rings. The minimum Gasteiger partial charge on any atom is -0.323 e. The van der Waals surface area contributed by atoms with Crippen molar-refractivity contribution in [1.29, 1.82) is 0 Å². The summed E-state index contributed by atoms with van der Waals surface area (Å²) in [5.74, 6) is -1.17. The number of carbonyl (C=O) groups excluding carboxylic acids is 2. The lowest BCUT2D eigenvalue weighted by Crippen LogP contribution is -2.48. The van der Waals surface area contributed by atoms with Crippen LogP contribution in [0, 0.1) is 5.92 Å². The molecule has 0 bridgehead atoms. The molecule has 140 valence electrons. The lowest BCUT2D eigenvalue weighted by atomic mass is 9.84. The Morgan fingerprint density at radius 3 is 2.65 bits per heavy atom. The van der Waals surface area contributed by atoms with Gasteiger partial charge in [-0.3, -0.25) is 9.59 Å². The van der Waals surface area contributed by atoms with E-state index < -0.39 is 24.0 Å². The highest BCUT2D eigenvalue weighted by Crippen LogP contribution is 2.45. The van der Waals surface area contributed by atoms with Crippen LogP contribution in [0.1, 0.15) is 42.5 Å². The maximum atomic E-state index is 13.6. The summed E-state index contributed by atoms with van der Waals surface area (Å²) in [6.07, 6.45) is -0.288. The standard InChI is InChI=1S/C19H21F3N2O2/c1-2-17(25)23-14-8-5-7-13(10-14)18(26)24-15-9-4-3-6-12(15)11-16(24)19(20,21)22/h2,5,7-8,10,12,15-16H,1,3-4,6,9,11H2,(H,23,25)/t12-,15-,16-/m0/s1. The molecule has 4 nitrogen and oxygen atoms in total. The highest BCUT2D eigenvalue weighted by atomic mass is 19.4. The van der Waals surface area contributed by atoms with Gasteiger partial charge >= 0.3 is 6.18 Å². The first-order valence-corrected chi connectivity index (χ1v) is 8.74. The van der Waals surface area contributed by atoms with Crippen LogP contribution >= 0.6 is 0 Å². The van der Waals surface area contributed by atoms with Crippen LogP contribution in [0.3, 0.4) is 0 Å². The lowest BCUT2D eigenvalue weighted by Gasteiger charge is -2.34. The van der Waals surface area contributed by atoms with Crippen molar-refractivity contribution in [1.82, 2.24) is 4.90 Å². The van der Waals surface area contributed by atoms with E-state index in [-0.39, 0.29) is 23.9 Å². The number of hydrogen-bond donors (Lipinski definition) is 1. The molecule has 26 heavy (non-hydrogen) atoms. The van der Waals surface area contributed by atoms with Crippen molar-refractivity contribution in [2.75, 3.05) is 5.32 Å². The molecule has 2 fully saturated rings. The van der Waals surface area contributed by atoms with Gasteiger partial charge in [0.15, 0.2) is 0 Å². The largest absolute Gasteiger partial charge is 0.408 e. The van der Waals surface area contributed by atoms with E-state index in [0.717, 1.165) is 30.2 Å². The zero-order valence-electron chi connectivity index (χ0n) is 14.3. The maximum Gasteiger partial charge on any atom is 0.408 e. The van der Waals surface area contributed by atoms with Crippen molar-refractivity contribution >= 4 is 17.5 Å². The predicted octanol–water partition coefficient (Wildman–Crippen LogP) is 4.15. The van der Waals surface area contributed by atoms with Crippen molar-refractivity contribution in [3.05, 3.63) is 42.5 Å². The molecule has 1 aliphatic heterocycles. The number of amides is 2. The Kier molecular flexibility index (Phi) is 5.07. The van der Waals surface area contributed by atoms with Gasteiger partial charge in [0.05, 0.1) is 0 Å².